The Kier molecular flexibility index (Phi) is 8.75. The summed E-state index contributed by atoms with van der Waals surface area (Å²) in [7, 11) is -2.17. The number of benzene rings is 3. The van der Waals surface area contributed by atoms with E-state index in [-0.39, 0.29) is 29.3 Å². The van der Waals surface area contributed by atoms with E-state index in [2.05, 4.69) is 9.62 Å². The molecule has 8 nitrogen and oxygen atoms in total. The fraction of sp³-hybridized carbons (Fsp3) is 0.400. The number of nitrogens with zero attached hydrogens (tertiary/aromatic N) is 3. The van der Waals surface area contributed by atoms with Crippen molar-refractivity contribution in [3.8, 4) is 0 Å². The Morgan fingerprint density at radius 2 is 1.70 bits per heavy atom. The van der Waals surface area contributed by atoms with Gasteiger partial charge in [0.2, 0.25) is 21.8 Å². The van der Waals surface area contributed by atoms with E-state index < -0.39 is 16.1 Å². The molecule has 0 spiro atoms. The Balaban J connectivity index is 1.26. The number of sulfonamides is 1. The molecule has 5 rings (SSSR count). The van der Waals surface area contributed by atoms with Gasteiger partial charge in [-0.05, 0) is 79.4 Å². The third-order valence-corrected chi connectivity index (χ3v) is 9.62. The number of carbonyl (C=O) groups excluding carboxylic acids is 2. The van der Waals surface area contributed by atoms with Crippen molar-refractivity contribution in [2.75, 3.05) is 39.8 Å². The normalized spacial score (nSPS) is 19.2. The molecule has 212 valence electrons. The Morgan fingerprint density at radius 3 is 2.45 bits per heavy atom. The van der Waals surface area contributed by atoms with Crippen LogP contribution in [0, 0.1) is 0 Å². The topological polar surface area (TPSA) is 90.0 Å². The molecule has 0 aromatic heterocycles. The Hall–Kier alpha value is -2.98. The van der Waals surface area contributed by atoms with Crippen LogP contribution in [0.15, 0.2) is 71.6 Å². The lowest BCUT2D eigenvalue weighted by molar-refractivity contribution is -0.143. The lowest BCUT2D eigenvalue weighted by Gasteiger charge is -2.36. The first-order chi connectivity index (χ1) is 19.2. The lowest BCUT2D eigenvalue weighted by atomic mass is 10.0. The summed E-state index contributed by atoms with van der Waals surface area (Å²) in [6, 6.07) is 18.9. The number of hydrogen-bond donors (Lipinski definition) is 1. The second-order valence-electron chi connectivity index (χ2n) is 10.7. The molecule has 2 heterocycles. The second kappa shape index (κ2) is 12.3. The fourth-order valence-corrected chi connectivity index (χ4v) is 7.05. The highest BCUT2D eigenvalue weighted by Crippen LogP contribution is 2.25. The number of hydrogen-bond acceptors (Lipinski definition) is 5. The molecule has 2 fully saturated rings. The SMILES string of the molecule is CN(C(=O)CN1CCC[C@H](NS(=O)(=O)c2ccc3cc(Cl)ccc3c2)C1=O)C(CN1CCCC1)c1ccccc1. The number of nitrogens with one attached hydrogen (secondary N) is 1. The molecule has 10 heteroatoms. The van der Waals surface area contributed by atoms with Gasteiger partial charge in [0, 0.05) is 25.2 Å². The standard InChI is InChI=1S/C30H35ClN4O4S/c1-33(28(20-34-15-5-6-16-34)22-8-3-2-4-9-22)29(36)21-35-17-7-10-27(30(35)37)32-40(38,39)26-14-12-23-18-25(31)13-11-24(23)19-26/h2-4,8-9,11-14,18-19,27-28,32H,5-7,10,15-17,20-21H2,1H3/t27-,28?/m0/s1. The Bertz CT molecular complexity index is 1480. The van der Waals surface area contributed by atoms with Gasteiger partial charge < -0.3 is 14.7 Å². The summed E-state index contributed by atoms with van der Waals surface area (Å²) in [6.45, 7) is 3.09. The number of rotatable bonds is 9. The van der Waals surface area contributed by atoms with Gasteiger partial charge in [-0.1, -0.05) is 54.1 Å². The zero-order valence-corrected chi connectivity index (χ0v) is 24.2. The summed E-state index contributed by atoms with van der Waals surface area (Å²) in [6.07, 6.45) is 3.30. The van der Waals surface area contributed by atoms with E-state index in [0.717, 1.165) is 48.8 Å². The molecular weight excluding hydrogens is 548 g/mol. The highest BCUT2D eigenvalue weighted by molar-refractivity contribution is 7.89. The van der Waals surface area contributed by atoms with Crippen LogP contribution in [0.5, 0.6) is 0 Å². The van der Waals surface area contributed by atoms with Gasteiger partial charge in [-0.3, -0.25) is 9.59 Å². The van der Waals surface area contributed by atoms with Crippen LogP contribution in [0.1, 0.15) is 37.3 Å². The summed E-state index contributed by atoms with van der Waals surface area (Å²) in [5.74, 6) is -0.543. The molecule has 0 bridgehead atoms. The number of carbonyl (C=O) groups is 2. The van der Waals surface area contributed by atoms with Crippen LogP contribution in [-0.4, -0.2) is 80.7 Å². The predicted octanol–water partition coefficient (Wildman–Crippen LogP) is 4.06. The number of likely N-dealkylation sites (N-methyl/N-ethyl adjacent to an activating group) is 1. The molecule has 3 aromatic rings. The maximum absolute atomic E-state index is 13.5. The number of piperidine rings is 1. The van der Waals surface area contributed by atoms with Crippen LogP contribution in [0.4, 0.5) is 0 Å². The highest BCUT2D eigenvalue weighted by atomic mass is 35.5. The average molecular weight is 583 g/mol. The van der Waals surface area contributed by atoms with Crippen molar-refractivity contribution < 1.29 is 18.0 Å². The molecule has 2 aliphatic rings. The second-order valence-corrected chi connectivity index (χ2v) is 12.8. The molecule has 2 saturated heterocycles. The molecule has 0 saturated carbocycles. The first-order valence-electron chi connectivity index (χ1n) is 13.7. The summed E-state index contributed by atoms with van der Waals surface area (Å²) in [4.78, 5) is 32.5. The maximum atomic E-state index is 13.5. The van der Waals surface area contributed by atoms with E-state index >= 15 is 0 Å². The zero-order chi connectivity index (χ0) is 28.3. The average Bonchev–Trinajstić information content (AvgIpc) is 3.47. The molecule has 40 heavy (non-hydrogen) atoms. The van der Waals surface area contributed by atoms with Crippen molar-refractivity contribution in [3.63, 3.8) is 0 Å². The van der Waals surface area contributed by atoms with Gasteiger partial charge in [0.1, 0.15) is 6.04 Å². The van der Waals surface area contributed by atoms with Crippen LogP contribution < -0.4 is 4.72 Å². The van der Waals surface area contributed by atoms with Gasteiger partial charge >= 0.3 is 0 Å². The summed E-state index contributed by atoms with van der Waals surface area (Å²) in [5.41, 5.74) is 1.05. The third-order valence-electron chi connectivity index (χ3n) is 7.91. The van der Waals surface area contributed by atoms with Gasteiger partial charge in [0.25, 0.3) is 0 Å². The fourth-order valence-electron chi connectivity index (χ4n) is 5.61. The first kappa shape index (κ1) is 28.5. The Morgan fingerprint density at radius 1 is 1.00 bits per heavy atom. The summed E-state index contributed by atoms with van der Waals surface area (Å²) in [5, 5.41) is 2.13. The molecule has 3 aromatic carbocycles. The first-order valence-corrected chi connectivity index (χ1v) is 15.6. The minimum Gasteiger partial charge on any atom is -0.336 e. The molecule has 2 aliphatic heterocycles. The van der Waals surface area contributed by atoms with Gasteiger partial charge in [-0.15, -0.1) is 0 Å². The molecule has 0 radical (unpaired) electrons. The minimum atomic E-state index is -3.96. The minimum absolute atomic E-state index is 0.0793. The van der Waals surface area contributed by atoms with Gasteiger partial charge in [0.05, 0.1) is 17.5 Å². The van der Waals surface area contributed by atoms with Crippen molar-refractivity contribution in [2.45, 2.75) is 42.7 Å². The van der Waals surface area contributed by atoms with Crippen molar-refractivity contribution in [1.82, 2.24) is 19.4 Å². The predicted molar refractivity (Wildman–Crippen MR) is 157 cm³/mol. The summed E-state index contributed by atoms with van der Waals surface area (Å²) >= 11 is 6.05. The van der Waals surface area contributed by atoms with Crippen molar-refractivity contribution in [1.29, 1.82) is 0 Å². The van der Waals surface area contributed by atoms with Crippen molar-refractivity contribution in [2.24, 2.45) is 0 Å². The number of halogens is 1. The number of fused-ring (bicyclic) bond motifs is 1. The molecule has 0 aliphatic carbocycles. The van der Waals surface area contributed by atoms with Crippen LogP contribution in [-0.2, 0) is 19.6 Å². The number of amides is 2. The maximum Gasteiger partial charge on any atom is 0.242 e. The van der Waals surface area contributed by atoms with Gasteiger partial charge in [-0.2, -0.15) is 4.72 Å². The van der Waals surface area contributed by atoms with E-state index in [9.17, 15) is 18.0 Å². The van der Waals surface area contributed by atoms with Crippen molar-refractivity contribution in [3.05, 3.63) is 77.3 Å². The monoisotopic (exact) mass is 582 g/mol. The van der Waals surface area contributed by atoms with E-state index in [1.54, 1.807) is 42.3 Å². The third kappa shape index (κ3) is 6.49. The highest BCUT2D eigenvalue weighted by Gasteiger charge is 2.35. The molecule has 1 unspecified atom stereocenters. The van der Waals surface area contributed by atoms with Gasteiger partial charge in [0.15, 0.2) is 0 Å². The Labute approximate surface area is 240 Å². The van der Waals surface area contributed by atoms with Crippen LogP contribution >= 0.6 is 11.6 Å². The molecule has 2 atom stereocenters. The zero-order valence-electron chi connectivity index (χ0n) is 22.6. The van der Waals surface area contributed by atoms with Crippen molar-refractivity contribution >= 4 is 44.2 Å². The quantitative estimate of drug-likeness (QED) is 0.411. The van der Waals surface area contributed by atoms with Crippen LogP contribution in [0.3, 0.4) is 0 Å². The number of likely N-dealkylation sites (tertiary alicyclic amines) is 2. The van der Waals surface area contributed by atoms with E-state index in [1.807, 2.05) is 30.3 Å². The lowest BCUT2D eigenvalue weighted by Crippen LogP contribution is -2.54. The van der Waals surface area contributed by atoms with E-state index in [4.69, 9.17) is 11.6 Å². The van der Waals surface area contributed by atoms with Crippen LogP contribution in [0.25, 0.3) is 10.8 Å². The van der Waals surface area contributed by atoms with Gasteiger partial charge in [-0.25, -0.2) is 8.42 Å². The largest absolute Gasteiger partial charge is 0.336 e. The van der Waals surface area contributed by atoms with Crippen LogP contribution in [0.2, 0.25) is 5.02 Å². The van der Waals surface area contributed by atoms with E-state index in [0.29, 0.717) is 24.4 Å². The molecule has 2 amide bonds. The molecular formula is C30H35ClN4O4S. The summed E-state index contributed by atoms with van der Waals surface area (Å²) < 4.78 is 29.0. The van der Waals surface area contributed by atoms with E-state index in [1.165, 1.54) is 11.0 Å². The molecule has 1 N–H and O–H groups in total. The smallest absolute Gasteiger partial charge is 0.242 e.